The highest BCUT2D eigenvalue weighted by molar-refractivity contribution is 8.03. The minimum atomic E-state index is -1.02. The van der Waals surface area contributed by atoms with Crippen LogP contribution in [0.2, 0.25) is 0 Å². The van der Waals surface area contributed by atoms with Gasteiger partial charge in [0.1, 0.15) is 11.6 Å². The summed E-state index contributed by atoms with van der Waals surface area (Å²) in [6, 6.07) is 6.85. The van der Waals surface area contributed by atoms with Crippen LogP contribution < -0.4 is 10.6 Å². The van der Waals surface area contributed by atoms with Crippen molar-refractivity contribution in [1.82, 2.24) is 5.32 Å². The number of nitrogens with one attached hydrogen (secondary N) is 2. The van der Waals surface area contributed by atoms with Crippen LogP contribution in [-0.4, -0.2) is 22.5 Å². The van der Waals surface area contributed by atoms with Crippen molar-refractivity contribution in [2.45, 2.75) is 27.7 Å². The maximum Gasteiger partial charge on any atom is 0.293 e. The van der Waals surface area contributed by atoms with Gasteiger partial charge in [-0.25, -0.2) is 0 Å². The van der Waals surface area contributed by atoms with Crippen molar-refractivity contribution in [2.24, 2.45) is 11.3 Å². The number of anilines is 1. The van der Waals surface area contributed by atoms with Crippen molar-refractivity contribution in [2.75, 3.05) is 11.1 Å². The monoisotopic (exact) mass is 413 g/mol. The number of aryl methyl sites for hydroxylation is 1. The SMILES string of the molecule is Cc1ccc([N+](=O)[O-])c(NC(=O)CSC2=C(C#N)C(C)(C)[C@@H](C#N)C(=O)N2)c1C. The Morgan fingerprint density at radius 2 is 2.03 bits per heavy atom. The molecule has 2 rings (SSSR count). The number of nitro groups is 1. The van der Waals surface area contributed by atoms with E-state index in [1.807, 2.05) is 12.1 Å². The Balaban J connectivity index is 2.24. The van der Waals surface area contributed by atoms with Gasteiger partial charge < -0.3 is 10.6 Å². The lowest BCUT2D eigenvalue weighted by atomic mass is 9.72. The molecule has 1 aliphatic rings. The number of carbonyl (C=O) groups excluding carboxylic acids is 2. The van der Waals surface area contributed by atoms with Crippen LogP contribution in [0.25, 0.3) is 0 Å². The summed E-state index contributed by atoms with van der Waals surface area (Å²) in [6.45, 7) is 6.70. The van der Waals surface area contributed by atoms with E-state index in [9.17, 15) is 30.2 Å². The third-order valence-electron chi connectivity index (χ3n) is 4.86. The Labute approximate surface area is 171 Å². The number of nitrogens with zero attached hydrogens (tertiary/aromatic N) is 3. The van der Waals surface area contributed by atoms with Crippen molar-refractivity contribution in [1.29, 1.82) is 10.5 Å². The van der Waals surface area contributed by atoms with Gasteiger partial charge in [-0.2, -0.15) is 10.5 Å². The van der Waals surface area contributed by atoms with Crippen LogP contribution in [-0.2, 0) is 9.59 Å². The van der Waals surface area contributed by atoms with E-state index in [0.29, 0.717) is 5.56 Å². The second kappa shape index (κ2) is 8.33. The highest BCUT2D eigenvalue weighted by atomic mass is 32.2. The number of amides is 2. The summed E-state index contributed by atoms with van der Waals surface area (Å²) in [6.07, 6.45) is 0. The summed E-state index contributed by atoms with van der Waals surface area (Å²) < 4.78 is 0. The van der Waals surface area contributed by atoms with E-state index < -0.39 is 28.1 Å². The number of carbonyl (C=O) groups is 2. The fraction of sp³-hybridized carbons (Fsp3) is 0.368. The average molecular weight is 413 g/mol. The lowest BCUT2D eigenvalue weighted by Gasteiger charge is -2.34. The van der Waals surface area contributed by atoms with Crippen molar-refractivity contribution < 1.29 is 14.5 Å². The highest BCUT2D eigenvalue weighted by Crippen LogP contribution is 2.41. The van der Waals surface area contributed by atoms with Crippen molar-refractivity contribution in [3.63, 3.8) is 0 Å². The summed E-state index contributed by atoms with van der Waals surface area (Å²) >= 11 is 0.934. The third-order valence-corrected chi connectivity index (χ3v) is 5.86. The molecule has 0 radical (unpaired) electrons. The second-order valence-corrected chi connectivity index (χ2v) is 8.07. The fourth-order valence-electron chi connectivity index (χ4n) is 2.96. The van der Waals surface area contributed by atoms with E-state index in [2.05, 4.69) is 10.6 Å². The fourth-order valence-corrected chi connectivity index (χ4v) is 3.93. The second-order valence-electron chi connectivity index (χ2n) is 7.08. The Bertz CT molecular complexity index is 1020. The van der Waals surface area contributed by atoms with E-state index in [1.54, 1.807) is 33.8 Å². The molecule has 0 bridgehead atoms. The van der Waals surface area contributed by atoms with Crippen LogP contribution in [0.3, 0.4) is 0 Å². The Hall–Kier alpha value is -3.37. The van der Waals surface area contributed by atoms with Crippen LogP contribution in [0.4, 0.5) is 11.4 Å². The number of hydrogen-bond acceptors (Lipinski definition) is 7. The van der Waals surface area contributed by atoms with Gasteiger partial charge in [-0.1, -0.05) is 31.7 Å². The van der Waals surface area contributed by atoms with Gasteiger partial charge >= 0.3 is 0 Å². The summed E-state index contributed by atoms with van der Waals surface area (Å²) in [5.74, 6) is -2.26. The predicted molar refractivity (Wildman–Crippen MR) is 107 cm³/mol. The molecule has 0 fully saturated rings. The molecule has 0 unspecified atom stereocenters. The molecular weight excluding hydrogens is 394 g/mol. The van der Waals surface area contributed by atoms with Gasteiger partial charge in [-0.3, -0.25) is 19.7 Å². The minimum absolute atomic E-state index is 0.118. The first-order valence-corrected chi connectivity index (χ1v) is 9.55. The van der Waals surface area contributed by atoms with Crippen molar-refractivity contribution >= 4 is 35.0 Å². The summed E-state index contributed by atoms with van der Waals surface area (Å²) in [5, 5.41) is 35.3. The van der Waals surface area contributed by atoms with Crippen molar-refractivity contribution in [3.05, 3.63) is 44.0 Å². The largest absolute Gasteiger partial charge is 0.319 e. The smallest absolute Gasteiger partial charge is 0.293 e. The molecule has 150 valence electrons. The Kier molecular flexibility index (Phi) is 6.30. The molecule has 0 aromatic heterocycles. The molecule has 0 spiro atoms. The van der Waals surface area contributed by atoms with Gasteiger partial charge in [0.05, 0.1) is 33.4 Å². The van der Waals surface area contributed by atoms with Gasteiger partial charge in [-0.05, 0) is 25.0 Å². The lowest BCUT2D eigenvalue weighted by molar-refractivity contribution is -0.384. The predicted octanol–water partition coefficient (Wildman–Crippen LogP) is 2.91. The van der Waals surface area contributed by atoms with Crippen LogP contribution in [0, 0.1) is 58.0 Å². The van der Waals surface area contributed by atoms with E-state index in [4.69, 9.17) is 0 Å². The molecule has 10 heteroatoms. The highest BCUT2D eigenvalue weighted by Gasteiger charge is 2.44. The maximum absolute atomic E-state index is 12.4. The first kappa shape index (κ1) is 21.9. The van der Waals surface area contributed by atoms with E-state index in [-0.39, 0.29) is 27.7 Å². The van der Waals surface area contributed by atoms with Crippen LogP contribution in [0.1, 0.15) is 25.0 Å². The number of benzene rings is 1. The molecule has 1 atom stereocenters. The molecule has 1 aromatic rings. The van der Waals surface area contributed by atoms with Gasteiger partial charge in [0.25, 0.3) is 5.69 Å². The number of allylic oxidation sites excluding steroid dienone is 1. The van der Waals surface area contributed by atoms with Gasteiger partial charge in [0, 0.05) is 11.5 Å². The van der Waals surface area contributed by atoms with Gasteiger partial charge in [0.15, 0.2) is 0 Å². The third kappa shape index (κ3) is 4.23. The van der Waals surface area contributed by atoms with E-state index >= 15 is 0 Å². The molecule has 1 heterocycles. The van der Waals surface area contributed by atoms with Crippen molar-refractivity contribution in [3.8, 4) is 12.1 Å². The Morgan fingerprint density at radius 3 is 2.59 bits per heavy atom. The molecule has 0 saturated heterocycles. The van der Waals surface area contributed by atoms with E-state index in [0.717, 1.165) is 17.3 Å². The maximum atomic E-state index is 12.4. The molecule has 1 aromatic carbocycles. The molecule has 29 heavy (non-hydrogen) atoms. The van der Waals surface area contributed by atoms with Crippen LogP contribution in [0.15, 0.2) is 22.7 Å². The molecule has 1 aliphatic heterocycles. The van der Waals surface area contributed by atoms with Crippen LogP contribution >= 0.6 is 11.8 Å². The summed E-state index contributed by atoms with van der Waals surface area (Å²) in [7, 11) is 0. The minimum Gasteiger partial charge on any atom is -0.319 e. The normalized spacial score (nSPS) is 17.7. The number of nitriles is 2. The van der Waals surface area contributed by atoms with Gasteiger partial charge in [-0.15, -0.1) is 0 Å². The first-order chi connectivity index (χ1) is 13.5. The topological polar surface area (TPSA) is 149 Å². The molecular formula is C19H19N5O4S. The first-order valence-electron chi connectivity index (χ1n) is 8.57. The zero-order valence-corrected chi connectivity index (χ0v) is 17.1. The molecule has 0 aliphatic carbocycles. The summed E-state index contributed by atoms with van der Waals surface area (Å²) in [4.78, 5) is 35.3. The number of rotatable bonds is 5. The number of thioether (sulfide) groups is 1. The molecule has 0 saturated carbocycles. The standard InChI is InChI=1S/C19H19N5O4S/c1-10-5-6-14(24(27)28)16(11(10)2)22-15(25)9-29-18-13(8-21)19(3,4)12(7-20)17(26)23-18/h5-6,12H,9H2,1-4H3,(H,22,25)(H,23,26)/t12-/m0/s1. The van der Waals surface area contributed by atoms with Gasteiger partial charge in [0.2, 0.25) is 11.8 Å². The zero-order valence-electron chi connectivity index (χ0n) is 16.3. The quantitative estimate of drug-likeness (QED) is 0.556. The Morgan fingerprint density at radius 1 is 1.38 bits per heavy atom. The number of hydrogen-bond donors (Lipinski definition) is 2. The zero-order chi connectivity index (χ0) is 21.9. The van der Waals surface area contributed by atoms with Crippen LogP contribution in [0.5, 0.6) is 0 Å². The molecule has 2 N–H and O–H groups in total. The lowest BCUT2D eigenvalue weighted by Crippen LogP contribution is -2.44. The molecule has 2 amide bonds. The summed E-state index contributed by atoms with van der Waals surface area (Å²) in [5.41, 5.74) is 0.478. The average Bonchev–Trinajstić information content (AvgIpc) is 2.63. The van der Waals surface area contributed by atoms with E-state index in [1.165, 1.54) is 6.07 Å². The molecule has 9 nitrogen and oxygen atoms in total. The number of nitro benzene ring substituents is 1.